The van der Waals surface area contributed by atoms with E-state index in [0.29, 0.717) is 34.4 Å². The standard InChI is InChI=1S/C32H33ClIN3O5/c1-32(2)16-25(27-28-29(42-28)30(32)37(27)34)41-31(40)36-24-15-18(8-11-21(24)20-6-4-3-5-7-20)10-13-26(39)35-23-12-9-19(17-38)14-22(23)33/h3-9,11-12,14-15,25,27-30,38H,10,13,16-17H2,1-2H3,(H,35,39)(H,36,40). The maximum atomic E-state index is 13.3. The average Bonchev–Trinajstić information content (AvgIpc) is 3.67. The highest BCUT2D eigenvalue weighted by atomic mass is 127. The second-order valence-electron chi connectivity index (χ2n) is 11.9. The number of carbonyl (C=O) groups excluding carboxylic acids is 2. The molecule has 8 nitrogen and oxygen atoms in total. The van der Waals surface area contributed by atoms with Crippen LogP contribution in [0.1, 0.15) is 37.8 Å². The molecule has 3 heterocycles. The molecular formula is C32H33ClIN3O5. The second-order valence-corrected chi connectivity index (χ2v) is 13.4. The number of hydrogen-bond acceptors (Lipinski definition) is 6. The smallest absolute Gasteiger partial charge is 0.411 e. The molecule has 5 unspecified atom stereocenters. The monoisotopic (exact) mass is 701 g/mol. The number of aliphatic hydroxyl groups excluding tert-OH is 1. The number of carbonyl (C=O) groups is 2. The molecule has 220 valence electrons. The van der Waals surface area contributed by atoms with Crippen molar-refractivity contribution in [1.29, 1.82) is 0 Å². The van der Waals surface area contributed by atoms with Gasteiger partial charge < -0.3 is 19.9 Å². The summed E-state index contributed by atoms with van der Waals surface area (Å²) >= 11 is 8.61. The molecule has 2 amide bonds. The molecule has 3 aromatic carbocycles. The Balaban J connectivity index is 1.16. The van der Waals surface area contributed by atoms with Gasteiger partial charge in [0.2, 0.25) is 5.91 Å². The average molecular weight is 702 g/mol. The van der Waals surface area contributed by atoms with Gasteiger partial charge in [-0.05, 0) is 53.1 Å². The van der Waals surface area contributed by atoms with E-state index in [4.69, 9.17) is 21.1 Å². The van der Waals surface area contributed by atoms with E-state index in [2.05, 4.69) is 50.5 Å². The molecule has 6 rings (SSSR count). The van der Waals surface area contributed by atoms with Gasteiger partial charge in [0.15, 0.2) is 0 Å². The molecule has 0 aliphatic carbocycles. The summed E-state index contributed by atoms with van der Waals surface area (Å²) in [7, 11) is 0. The Bertz CT molecular complexity index is 1500. The van der Waals surface area contributed by atoms with Crippen molar-refractivity contribution in [3.63, 3.8) is 0 Å². The molecule has 0 spiro atoms. The van der Waals surface area contributed by atoms with Gasteiger partial charge >= 0.3 is 6.09 Å². The molecule has 42 heavy (non-hydrogen) atoms. The lowest BCUT2D eigenvalue weighted by molar-refractivity contribution is -0.116. The van der Waals surface area contributed by atoms with Crippen LogP contribution in [-0.2, 0) is 27.3 Å². The van der Waals surface area contributed by atoms with Gasteiger partial charge in [0.1, 0.15) is 18.3 Å². The fraction of sp³-hybridized carbons (Fsp3) is 0.375. The third-order valence-electron chi connectivity index (χ3n) is 8.46. The van der Waals surface area contributed by atoms with Gasteiger partial charge in [-0.15, -0.1) is 0 Å². The Kier molecular flexibility index (Phi) is 8.23. The van der Waals surface area contributed by atoms with E-state index in [1.165, 1.54) is 0 Å². The minimum Gasteiger partial charge on any atom is -0.444 e. The zero-order valence-corrected chi connectivity index (χ0v) is 26.3. The van der Waals surface area contributed by atoms with Gasteiger partial charge in [0.05, 0.1) is 35.1 Å². The molecule has 3 aliphatic rings. The molecule has 5 atom stereocenters. The Morgan fingerprint density at radius 1 is 1.05 bits per heavy atom. The topological polar surface area (TPSA) is 103 Å². The Morgan fingerprint density at radius 3 is 2.55 bits per heavy atom. The molecular weight excluding hydrogens is 669 g/mol. The van der Waals surface area contributed by atoms with Crippen LogP contribution >= 0.6 is 34.5 Å². The first-order valence-corrected chi connectivity index (χ1v) is 15.4. The molecule has 0 aromatic heterocycles. The number of amides is 2. The second kappa shape index (κ2) is 11.8. The van der Waals surface area contributed by atoms with Crippen LogP contribution in [0.4, 0.5) is 16.2 Å². The number of nitrogens with one attached hydrogen (secondary N) is 2. The maximum Gasteiger partial charge on any atom is 0.411 e. The highest BCUT2D eigenvalue weighted by Gasteiger charge is 2.70. The summed E-state index contributed by atoms with van der Waals surface area (Å²) < 4.78 is 14.3. The van der Waals surface area contributed by atoms with E-state index in [0.717, 1.165) is 23.1 Å². The number of hydrogen-bond donors (Lipinski definition) is 3. The predicted molar refractivity (Wildman–Crippen MR) is 171 cm³/mol. The number of aliphatic hydroxyl groups is 1. The number of halogens is 2. The van der Waals surface area contributed by atoms with Crippen molar-refractivity contribution in [2.75, 3.05) is 10.6 Å². The number of morpholine rings is 1. The number of nitrogens with zero attached hydrogens (tertiary/aromatic N) is 1. The number of fused-ring (bicyclic) bond motifs is 5. The van der Waals surface area contributed by atoms with E-state index >= 15 is 0 Å². The molecule has 3 saturated heterocycles. The molecule has 10 heteroatoms. The van der Waals surface area contributed by atoms with Crippen LogP contribution in [0, 0.1) is 5.41 Å². The van der Waals surface area contributed by atoms with Crippen LogP contribution in [0.2, 0.25) is 5.02 Å². The molecule has 3 aromatic rings. The summed E-state index contributed by atoms with van der Waals surface area (Å²) in [6, 6.07) is 21.1. The van der Waals surface area contributed by atoms with Crippen molar-refractivity contribution in [2.45, 2.75) is 70.1 Å². The minimum atomic E-state index is -0.504. The number of benzene rings is 3. The minimum absolute atomic E-state index is 0.0423. The molecule has 2 bridgehead atoms. The van der Waals surface area contributed by atoms with Crippen LogP contribution in [0.25, 0.3) is 11.1 Å². The van der Waals surface area contributed by atoms with Gasteiger partial charge in [-0.25, -0.2) is 7.91 Å². The van der Waals surface area contributed by atoms with E-state index < -0.39 is 6.09 Å². The first kappa shape index (κ1) is 29.4. The van der Waals surface area contributed by atoms with Gasteiger partial charge in [-0.3, -0.25) is 10.1 Å². The van der Waals surface area contributed by atoms with E-state index in [1.807, 2.05) is 48.5 Å². The lowest BCUT2D eigenvalue weighted by Gasteiger charge is -2.46. The van der Waals surface area contributed by atoms with E-state index in [9.17, 15) is 14.7 Å². The fourth-order valence-corrected chi connectivity index (χ4v) is 8.37. The molecule has 3 N–H and O–H groups in total. The Labute approximate surface area is 264 Å². The quantitative estimate of drug-likeness (QED) is 0.139. The third-order valence-corrected chi connectivity index (χ3v) is 10.0. The van der Waals surface area contributed by atoms with Crippen LogP contribution in [0.3, 0.4) is 0 Å². The normalized spacial score (nSPS) is 25.4. The fourth-order valence-electron chi connectivity index (χ4n) is 6.38. The predicted octanol–water partition coefficient (Wildman–Crippen LogP) is 6.59. The third kappa shape index (κ3) is 5.90. The number of epoxide rings is 1. The van der Waals surface area contributed by atoms with Crippen molar-refractivity contribution in [1.82, 2.24) is 3.11 Å². The summed E-state index contributed by atoms with van der Waals surface area (Å²) in [6.07, 6.45) is 1.00. The number of anilines is 2. The summed E-state index contributed by atoms with van der Waals surface area (Å²) in [6.45, 7) is 4.30. The van der Waals surface area contributed by atoms with Gasteiger partial charge in [0, 0.05) is 34.8 Å². The summed E-state index contributed by atoms with van der Waals surface area (Å²) in [5.41, 5.74) is 4.47. The molecule has 0 saturated carbocycles. The van der Waals surface area contributed by atoms with E-state index in [-0.39, 0.29) is 48.7 Å². The van der Waals surface area contributed by atoms with Crippen molar-refractivity contribution in [3.8, 4) is 11.1 Å². The lowest BCUT2D eigenvalue weighted by atomic mass is 9.77. The number of ether oxygens (including phenoxy) is 2. The summed E-state index contributed by atoms with van der Waals surface area (Å²) in [5.74, 6) is -0.187. The summed E-state index contributed by atoms with van der Waals surface area (Å²) in [4.78, 5) is 26.1. The first-order valence-electron chi connectivity index (χ1n) is 14.1. The molecule has 3 aliphatic heterocycles. The zero-order valence-electron chi connectivity index (χ0n) is 23.3. The van der Waals surface area contributed by atoms with Crippen LogP contribution in [0.15, 0.2) is 66.7 Å². The summed E-state index contributed by atoms with van der Waals surface area (Å²) in [5, 5.41) is 15.5. The Morgan fingerprint density at radius 2 is 1.81 bits per heavy atom. The van der Waals surface area contributed by atoms with Gasteiger partial charge in [0.25, 0.3) is 0 Å². The van der Waals surface area contributed by atoms with Crippen LogP contribution in [-0.4, -0.2) is 50.6 Å². The van der Waals surface area contributed by atoms with Crippen molar-refractivity contribution >= 4 is 57.8 Å². The van der Waals surface area contributed by atoms with Crippen molar-refractivity contribution in [3.05, 3.63) is 82.9 Å². The van der Waals surface area contributed by atoms with Gasteiger partial charge in [-0.2, -0.15) is 0 Å². The van der Waals surface area contributed by atoms with Gasteiger partial charge in [-0.1, -0.05) is 74.0 Å². The zero-order chi connectivity index (χ0) is 29.6. The number of rotatable bonds is 8. The highest BCUT2D eigenvalue weighted by Crippen LogP contribution is 2.57. The largest absolute Gasteiger partial charge is 0.444 e. The lowest BCUT2D eigenvalue weighted by Crippen LogP contribution is -2.56. The first-order chi connectivity index (χ1) is 20.1. The highest BCUT2D eigenvalue weighted by molar-refractivity contribution is 14.1. The Hall–Kier alpha value is -2.70. The number of aryl methyl sites for hydroxylation is 1. The maximum absolute atomic E-state index is 13.3. The van der Waals surface area contributed by atoms with E-state index in [1.54, 1.807) is 18.2 Å². The molecule has 3 fully saturated rings. The van der Waals surface area contributed by atoms with Crippen LogP contribution in [0.5, 0.6) is 0 Å². The number of piperidine rings is 1. The van der Waals surface area contributed by atoms with Crippen molar-refractivity contribution < 1.29 is 24.2 Å². The SMILES string of the molecule is CC1(C)CC(OC(=O)Nc2cc(CCC(=O)Nc3ccc(CO)cc3Cl)ccc2-c2ccccc2)C2C3OC3C1N2I. The molecule has 0 radical (unpaired) electrons. The van der Waals surface area contributed by atoms with Crippen molar-refractivity contribution in [2.24, 2.45) is 5.41 Å². The van der Waals surface area contributed by atoms with Crippen LogP contribution < -0.4 is 10.6 Å².